The van der Waals surface area contributed by atoms with E-state index in [1.165, 1.54) is 0 Å². The van der Waals surface area contributed by atoms with Crippen LogP contribution >= 0.6 is 0 Å². The van der Waals surface area contributed by atoms with Gasteiger partial charge in [-0.1, -0.05) is 48.0 Å². The zero-order chi connectivity index (χ0) is 18.6. The largest absolute Gasteiger partial charge is 0.379 e. The monoisotopic (exact) mass is 374 g/mol. The van der Waals surface area contributed by atoms with Crippen LogP contribution in [0.1, 0.15) is 24.1 Å². The number of nitrogens with zero attached hydrogens (tertiary/aromatic N) is 1. The van der Waals surface area contributed by atoms with Gasteiger partial charge >= 0.3 is 0 Å². The predicted molar refractivity (Wildman–Crippen MR) is 103 cm³/mol. The van der Waals surface area contributed by atoms with Crippen molar-refractivity contribution in [2.45, 2.75) is 30.8 Å². The molecule has 1 fully saturated rings. The molecule has 6 heteroatoms. The Morgan fingerprint density at radius 1 is 1.00 bits per heavy atom. The molecule has 1 aliphatic rings. The number of morpholine rings is 1. The third-order valence-corrected chi connectivity index (χ3v) is 6.30. The Balaban J connectivity index is 1.85. The molecule has 5 nitrogen and oxygen atoms in total. The van der Waals surface area contributed by atoms with Gasteiger partial charge in [0.1, 0.15) is 0 Å². The van der Waals surface area contributed by atoms with Crippen LogP contribution in [0.3, 0.4) is 0 Å². The molecule has 0 aromatic heterocycles. The minimum absolute atomic E-state index is 0.0414. The Morgan fingerprint density at radius 3 is 2.23 bits per heavy atom. The molecular formula is C20H26N2O3S. The molecule has 0 saturated carbocycles. The highest BCUT2D eigenvalue weighted by Crippen LogP contribution is 2.26. The van der Waals surface area contributed by atoms with Crippen LogP contribution in [-0.2, 0) is 14.8 Å². The van der Waals surface area contributed by atoms with Crippen molar-refractivity contribution in [3.63, 3.8) is 0 Å². The summed E-state index contributed by atoms with van der Waals surface area (Å²) in [6, 6.07) is 16.7. The minimum atomic E-state index is -3.58. The average Bonchev–Trinajstić information content (AvgIpc) is 2.63. The van der Waals surface area contributed by atoms with Crippen molar-refractivity contribution in [1.82, 2.24) is 9.62 Å². The van der Waals surface area contributed by atoms with E-state index in [4.69, 9.17) is 4.74 Å². The molecule has 2 aromatic carbocycles. The fraction of sp³-hybridized carbons (Fsp3) is 0.400. The number of hydrogen-bond acceptors (Lipinski definition) is 4. The summed E-state index contributed by atoms with van der Waals surface area (Å²) >= 11 is 0. The van der Waals surface area contributed by atoms with Crippen LogP contribution in [0.4, 0.5) is 0 Å². The lowest BCUT2D eigenvalue weighted by atomic mass is 9.99. The second-order valence-electron chi connectivity index (χ2n) is 6.73. The Morgan fingerprint density at radius 2 is 1.62 bits per heavy atom. The normalized spacial score (nSPS) is 18.4. The van der Waals surface area contributed by atoms with Crippen molar-refractivity contribution in [1.29, 1.82) is 0 Å². The van der Waals surface area contributed by atoms with Crippen LogP contribution in [0.25, 0.3) is 0 Å². The predicted octanol–water partition coefficient (Wildman–Crippen LogP) is 2.74. The fourth-order valence-electron chi connectivity index (χ4n) is 3.42. The second-order valence-corrected chi connectivity index (χ2v) is 8.44. The van der Waals surface area contributed by atoms with E-state index in [1.807, 2.05) is 44.2 Å². The standard InChI is InChI=1S/C20H26N2O3S/c1-16-8-10-19(11-9-16)26(23,24)21-17(2)20(18-6-4-3-5-7-18)22-12-14-25-15-13-22/h3-11,17,20-21H,12-15H2,1-2H3. The van der Waals surface area contributed by atoms with Crippen molar-refractivity contribution in [3.8, 4) is 0 Å². The maximum Gasteiger partial charge on any atom is 0.240 e. The SMILES string of the molecule is Cc1ccc(S(=O)(=O)NC(C)C(c2ccccc2)N2CCOCC2)cc1. The van der Waals surface area contributed by atoms with Crippen LogP contribution in [0.15, 0.2) is 59.5 Å². The van der Waals surface area contributed by atoms with Crippen molar-refractivity contribution in [2.75, 3.05) is 26.3 Å². The molecule has 0 spiro atoms. The molecule has 3 rings (SSSR count). The molecular weight excluding hydrogens is 348 g/mol. The number of ether oxygens (including phenoxy) is 1. The maximum absolute atomic E-state index is 12.8. The highest BCUT2D eigenvalue weighted by molar-refractivity contribution is 7.89. The first kappa shape index (κ1) is 19.0. The van der Waals surface area contributed by atoms with Gasteiger partial charge in [0.15, 0.2) is 0 Å². The van der Waals surface area contributed by atoms with Crippen molar-refractivity contribution in [3.05, 3.63) is 65.7 Å². The Labute approximate surface area is 156 Å². The summed E-state index contributed by atoms with van der Waals surface area (Å²) in [5.41, 5.74) is 2.14. The molecule has 2 unspecified atom stereocenters. The Hall–Kier alpha value is -1.73. The first-order chi connectivity index (χ1) is 12.5. The molecule has 26 heavy (non-hydrogen) atoms. The van der Waals surface area contributed by atoms with E-state index in [1.54, 1.807) is 12.1 Å². The van der Waals surface area contributed by atoms with Crippen LogP contribution in [0.5, 0.6) is 0 Å². The van der Waals surface area contributed by atoms with E-state index < -0.39 is 10.0 Å². The van der Waals surface area contributed by atoms with Gasteiger partial charge in [0.25, 0.3) is 0 Å². The number of nitrogens with one attached hydrogen (secondary N) is 1. The molecule has 1 saturated heterocycles. The van der Waals surface area contributed by atoms with Gasteiger partial charge in [-0.25, -0.2) is 13.1 Å². The number of rotatable bonds is 6. The number of sulfonamides is 1. The van der Waals surface area contributed by atoms with Crippen molar-refractivity contribution in [2.24, 2.45) is 0 Å². The van der Waals surface area contributed by atoms with Gasteiger partial charge in [0.05, 0.1) is 24.2 Å². The molecule has 140 valence electrons. The zero-order valence-corrected chi connectivity index (χ0v) is 16.1. The van der Waals surface area contributed by atoms with Crippen LogP contribution in [-0.4, -0.2) is 45.7 Å². The van der Waals surface area contributed by atoms with E-state index in [2.05, 4.69) is 21.8 Å². The van der Waals surface area contributed by atoms with Crippen molar-refractivity contribution >= 4 is 10.0 Å². The van der Waals surface area contributed by atoms with E-state index >= 15 is 0 Å². The Bertz CT molecular complexity index is 801. The number of benzene rings is 2. The molecule has 0 bridgehead atoms. The summed E-state index contributed by atoms with van der Waals surface area (Å²) in [5, 5.41) is 0. The van der Waals surface area contributed by atoms with Gasteiger partial charge in [-0.3, -0.25) is 4.90 Å². The molecule has 0 radical (unpaired) electrons. The summed E-state index contributed by atoms with van der Waals surface area (Å²) in [4.78, 5) is 2.59. The first-order valence-corrected chi connectivity index (χ1v) is 10.4. The highest BCUT2D eigenvalue weighted by atomic mass is 32.2. The topological polar surface area (TPSA) is 58.6 Å². The van der Waals surface area contributed by atoms with Gasteiger partial charge in [-0.15, -0.1) is 0 Å². The lowest BCUT2D eigenvalue weighted by molar-refractivity contribution is 0.0105. The third-order valence-electron chi connectivity index (χ3n) is 4.73. The van der Waals surface area contributed by atoms with Gasteiger partial charge in [-0.05, 0) is 31.5 Å². The van der Waals surface area contributed by atoms with E-state index in [9.17, 15) is 8.42 Å². The lowest BCUT2D eigenvalue weighted by Gasteiger charge is -2.38. The Kier molecular flexibility index (Phi) is 6.09. The third kappa shape index (κ3) is 4.51. The molecule has 2 aromatic rings. The quantitative estimate of drug-likeness (QED) is 0.845. The summed E-state index contributed by atoms with van der Waals surface area (Å²) in [5.74, 6) is 0. The van der Waals surface area contributed by atoms with Crippen LogP contribution in [0, 0.1) is 6.92 Å². The number of aryl methyl sites for hydroxylation is 1. The summed E-state index contributed by atoms with van der Waals surface area (Å²) in [6.45, 7) is 6.78. The molecule has 1 aliphatic heterocycles. The van der Waals surface area contributed by atoms with Gasteiger partial charge in [0.2, 0.25) is 10.0 Å². The van der Waals surface area contributed by atoms with Crippen LogP contribution < -0.4 is 4.72 Å². The fourth-order valence-corrected chi connectivity index (χ4v) is 4.67. The van der Waals surface area contributed by atoms with Crippen molar-refractivity contribution < 1.29 is 13.2 Å². The highest BCUT2D eigenvalue weighted by Gasteiger charge is 2.30. The first-order valence-electron chi connectivity index (χ1n) is 8.93. The van der Waals surface area contributed by atoms with Crippen LogP contribution in [0.2, 0.25) is 0 Å². The van der Waals surface area contributed by atoms with E-state index in [0.717, 1.165) is 24.2 Å². The number of hydrogen-bond donors (Lipinski definition) is 1. The minimum Gasteiger partial charge on any atom is -0.379 e. The maximum atomic E-state index is 12.8. The molecule has 1 heterocycles. The van der Waals surface area contributed by atoms with E-state index in [0.29, 0.717) is 18.1 Å². The summed E-state index contributed by atoms with van der Waals surface area (Å²) in [7, 11) is -3.58. The second kappa shape index (κ2) is 8.31. The van der Waals surface area contributed by atoms with E-state index in [-0.39, 0.29) is 12.1 Å². The van der Waals surface area contributed by atoms with Gasteiger partial charge in [0, 0.05) is 19.1 Å². The molecule has 1 N–H and O–H groups in total. The molecule has 0 aliphatic carbocycles. The van der Waals surface area contributed by atoms with Gasteiger partial charge in [-0.2, -0.15) is 0 Å². The molecule has 2 atom stereocenters. The molecule has 0 amide bonds. The smallest absolute Gasteiger partial charge is 0.240 e. The lowest BCUT2D eigenvalue weighted by Crippen LogP contribution is -2.48. The average molecular weight is 375 g/mol. The zero-order valence-electron chi connectivity index (χ0n) is 15.3. The summed E-state index contributed by atoms with van der Waals surface area (Å²) < 4.78 is 34.0. The van der Waals surface area contributed by atoms with Gasteiger partial charge < -0.3 is 4.74 Å². The summed E-state index contributed by atoms with van der Waals surface area (Å²) in [6.07, 6.45) is 0.